The van der Waals surface area contributed by atoms with E-state index in [1.54, 1.807) is 12.1 Å². The van der Waals surface area contributed by atoms with Gasteiger partial charge in [0.2, 0.25) is 0 Å². The lowest BCUT2D eigenvalue weighted by Crippen LogP contribution is -3.00. The Balaban J connectivity index is 0.000000704. The Labute approximate surface area is 306 Å². The molecule has 0 aliphatic heterocycles. The number of hydrogen-bond acceptors (Lipinski definition) is 3. The molecular weight excluding hydrogens is 680 g/mol. The van der Waals surface area contributed by atoms with Gasteiger partial charge in [-0.3, -0.25) is 0 Å². The second-order valence-corrected chi connectivity index (χ2v) is 14.2. The molecule has 2 aromatic heterocycles. The molecule has 0 aliphatic rings. The summed E-state index contributed by atoms with van der Waals surface area (Å²) in [5, 5.41) is 0. The Morgan fingerprint density at radius 2 is 0.771 bits per heavy atom. The summed E-state index contributed by atoms with van der Waals surface area (Å²) >= 11 is 0. The normalized spacial score (nSPS) is 10.7. The molecule has 0 aliphatic carbocycles. The lowest BCUT2D eigenvalue weighted by Gasteiger charge is -2.05. The standard InChI is InChI=1S/2C17H30N.C7H8O3S.BrH/c2*1-2-3-4-5-6-7-8-9-10-12-15-18-16-13-11-14-17-18;1-6-2-4-7(5-3-6)11(8,9)10;/h2*11,13-14,16-17H,2-10,12,15H2,1H3;2-5H,1H3,(H,8,9,10);1H/q2*+1;;/p-2. The van der Waals surface area contributed by atoms with Crippen LogP contribution in [0.5, 0.6) is 0 Å². The van der Waals surface area contributed by atoms with Gasteiger partial charge in [0.05, 0.1) is 4.90 Å². The molecule has 1 aromatic carbocycles. The number of benzene rings is 1. The zero-order chi connectivity index (χ0) is 34.3. The second kappa shape index (κ2) is 32.1. The van der Waals surface area contributed by atoms with Crippen LogP contribution in [-0.2, 0) is 23.2 Å². The van der Waals surface area contributed by atoms with E-state index in [1.165, 1.54) is 154 Å². The smallest absolute Gasteiger partial charge is 0.168 e. The molecule has 0 fully saturated rings. The van der Waals surface area contributed by atoms with Gasteiger partial charge in [-0.15, -0.1) is 0 Å². The zero-order valence-corrected chi connectivity index (χ0v) is 32.9. The van der Waals surface area contributed by atoms with Gasteiger partial charge < -0.3 is 21.5 Å². The van der Waals surface area contributed by atoms with Crippen LogP contribution < -0.4 is 26.1 Å². The SMILES string of the molecule is CCCCCCCCCCCC[n+]1ccccc1.CCCCCCCCCCCC[n+]1ccccc1.Cc1ccc(S(=O)(=O)[O-])cc1.[Br-]. The molecule has 5 nitrogen and oxygen atoms in total. The van der Waals surface area contributed by atoms with Gasteiger partial charge in [0.25, 0.3) is 0 Å². The summed E-state index contributed by atoms with van der Waals surface area (Å²) in [6.07, 6.45) is 36.9. The molecule has 0 atom stereocenters. The molecule has 0 N–H and O–H groups in total. The van der Waals surface area contributed by atoms with Gasteiger partial charge in [0.1, 0.15) is 23.2 Å². The van der Waals surface area contributed by atoms with E-state index in [9.17, 15) is 13.0 Å². The summed E-state index contributed by atoms with van der Waals surface area (Å²) in [6.45, 7) is 8.74. The van der Waals surface area contributed by atoms with Gasteiger partial charge in [-0.05, 0) is 31.9 Å². The Morgan fingerprint density at radius 1 is 0.479 bits per heavy atom. The molecule has 48 heavy (non-hydrogen) atoms. The maximum Gasteiger partial charge on any atom is 0.168 e. The Morgan fingerprint density at radius 3 is 1.06 bits per heavy atom. The number of aromatic nitrogens is 2. The lowest BCUT2D eigenvalue weighted by atomic mass is 10.1. The van der Waals surface area contributed by atoms with Crippen molar-refractivity contribution in [2.24, 2.45) is 0 Å². The summed E-state index contributed by atoms with van der Waals surface area (Å²) < 4.78 is 35.7. The van der Waals surface area contributed by atoms with E-state index >= 15 is 0 Å². The number of rotatable bonds is 23. The molecule has 272 valence electrons. The first-order valence-electron chi connectivity index (χ1n) is 18.8. The summed E-state index contributed by atoms with van der Waals surface area (Å²) in [5.41, 5.74) is 0.928. The number of nitrogens with zero attached hydrogens (tertiary/aromatic N) is 2. The van der Waals surface area contributed by atoms with E-state index in [4.69, 9.17) is 0 Å². The minimum Gasteiger partial charge on any atom is -1.00 e. The average Bonchev–Trinajstić information content (AvgIpc) is 3.08. The summed E-state index contributed by atoms with van der Waals surface area (Å²) in [5.74, 6) is 0. The minimum atomic E-state index is -4.27. The first-order chi connectivity index (χ1) is 22.9. The molecule has 0 radical (unpaired) electrons. The van der Waals surface area contributed by atoms with E-state index in [0.717, 1.165) is 5.56 Å². The molecule has 2 heterocycles. The average molecular weight is 748 g/mol. The van der Waals surface area contributed by atoms with Gasteiger partial charge in [-0.25, -0.2) is 17.6 Å². The zero-order valence-electron chi connectivity index (χ0n) is 30.5. The van der Waals surface area contributed by atoms with Crippen LogP contribution in [0, 0.1) is 6.92 Å². The number of hydrogen-bond donors (Lipinski definition) is 0. The quantitative estimate of drug-likeness (QED) is 0.0568. The third-order valence-corrected chi connectivity index (χ3v) is 9.25. The largest absolute Gasteiger partial charge is 1.00 e. The number of unbranched alkanes of at least 4 members (excludes halogenated alkanes) is 18. The fourth-order valence-electron chi connectivity index (χ4n) is 5.44. The van der Waals surface area contributed by atoms with Crippen LogP contribution in [0.15, 0.2) is 90.3 Å². The maximum absolute atomic E-state index is 10.4. The molecule has 0 saturated heterocycles. The summed E-state index contributed by atoms with van der Waals surface area (Å²) in [7, 11) is -4.27. The van der Waals surface area contributed by atoms with Crippen LogP contribution in [0.1, 0.15) is 148 Å². The van der Waals surface area contributed by atoms with Crippen LogP contribution in [0.25, 0.3) is 0 Å². The van der Waals surface area contributed by atoms with Crippen molar-refractivity contribution in [3.05, 3.63) is 91.0 Å². The van der Waals surface area contributed by atoms with E-state index < -0.39 is 10.1 Å². The van der Waals surface area contributed by atoms with E-state index in [1.807, 2.05) is 6.92 Å². The Kier molecular flexibility index (Phi) is 30.7. The van der Waals surface area contributed by atoms with Crippen molar-refractivity contribution in [2.45, 2.75) is 167 Å². The predicted octanol–water partition coefficient (Wildman–Crippen LogP) is 7.69. The highest BCUT2D eigenvalue weighted by Crippen LogP contribution is 2.12. The summed E-state index contributed by atoms with van der Waals surface area (Å²) in [4.78, 5) is -0.178. The predicted molar refractivity (Wildman–Crippen MR) is 196 cm³/mol. The van der Waals surface area contributed by atoms with Crippen LogP contribution in [0.4, 0.5) is 0 Å². The van der Waals surface area contributed by atoms with Crippen LogP contribution in [0.2, 0.25) is 0 Å². The van der Waals surface area contributed by atoms with E-state index in [0.29, 0.717) is 0 Å². The van der Waals surface area contributed by atoms with Crippen LogP contribution in [-0.4, -0.2) is 13.0 Å². The molecule has 0 bridgehead atoms. The minimum absolute atomic E-state index is 0. The Hall–Kier alpha value is -2.09. The van der Waals surface area contributed by atoms with Crippen molar-refractivity contribution >= 4 is 10.1 Å². The molecule has 0 unspecified atom stereocenters. The molecule has 3 aromatic rings. The topological polar surface area (TPSA) is 65.0 Å². The first-order valence-corrected chi connectivity index (χ1v) is 20.2. The van der Waals surface area contributed by atoms with Crippen molar-refractivity contribution in [3.63, 3.8) is 0 Å². The molecule has 0 amide bonds. The van der Waals surface area contributed by atoms with Crippen LogP contribution >= 0.6 is 0 Å². The monoisotopic (exact) mass is 746 g/mol. The molecule has 0 spiro atoms. The van der Waals surface area contributed by atoms with Crippen molar-refractivity contribution in [3.8, 4) is 0 Å². The third kappa shape index (κ3) is 27.8. The first kappa shape index (κ1) is 45.9. The van der Waals surface area contributed by atoms with Gasteiger partial charge in [-0.2, -0.15) is 0 Å². The number of aryl methyl sites for hydroxylation is 3. The van der Waals surface area contributed by atoms with Crippen LogP contribution in [0.3, 0.4) is 0 Å². The highest BCUT2D eigenvalue weighted by molar-refractivity contribution is 7.85. The van der Waals surface area contributed by atoms with Gasteiger partial charge in [0.15, 0.2) is 24.8 Å². The highest BCUT2D eigenvalue weighted by atomic mass is 79.9. The van der Waals surface area contributed by atoms with E-state index in [-0.39, 0.29) is 21.9 Å². The van der Waals surface area contributed by atoms with Crippen molar-refractivity contribution in [1.82, 2.24) is 0 Å². The molecule has 7 heteroatoms. The second-order valence-electron chi connectivity index (χ2n) is 12.9. The summed E-state index contributed by atoms with van der Waals surface area (Å²) in [6, 6.07) is 18.4. The van der Waals surface area contributed by atoms with E-state index in [2.05, 4.69) is 84.2 Å². The molecule has 3 rings (SSSR count). The van der Waals surface area contributed by atoms with Crippen molar-refractivity contribution in [2.75, 3.05) is 0 Å². The van der Waals surface area contributed by atoms with Gasteiger partial charge >= 0.3 is 0 Å². The fourth-order valence-corrected chi connectivity index (χ4v) is 5.90. The van der Waals surface area contributed by atoms with Crippen molar-refractivity contribution < 1.29 is 39.1 Å². The lowest BCUT2D eigenvalue weighted by molar-refractivity contribution is -0.697. The molecule has 0 saturated carbocycles. The third-order valence-electron chi connectivity index (χ3n) is 8.40. The number of pyridine rings is 2. The maximum atomic E-state index is 10.4. The number of halogens is 1. The fraction of sp³-hybridized carbons (Fsp3) is 0.610. The Bertz CT molecular complexity index is 1130. The van der Waals surface area contributed by atoms with Gasteiger partial charge in [-0.1, -0.05) is 146 Å². The highest BCUT2D eigenvalue weighted by Gasteiger charge is 2.00. The van der Waals surface area contributed by atoms with Crippen molar-refractivity contribution in [1.29, 1.82) is 0 Å². The van der Waals surface area contributed by atoms with Gasteiger partial charge in [0, 0.05) is 37.1 Å². The molecular formula is C41H67BrN2O3S.